The molecule has 0 unspecified atom stereocenters. The van der Waals surface area contributed by atoms with Gasteiger partial charge in [0.1, 0.15) is 28.8 Å². The summed E-state index contributed by atoms with van der Waals surface area (Å²) < 4.78 is 26.6. The van der Waals surface area contributed by atoms with E-state index in [-0.39, 0.29) is 19.3 Å². The van der Waals surface area contributed by atoms with E-state index in [0.29, 0.717) is 43.1 Å². The monoisotopic (exact) mass is 841 g/mol. The molecule has 1 saturated heterocycles. The number of benzene rings is 1. The number of aryl methyl sites for hydroxylation is 1. The van der Waals surface area contributed by atoms with E-state index in [1.54, 1.807) is 34.1 Å². The number of hydrogen-bond donors (Lipinski definition) is 3. The van der Waals surface area contributed by atoms with Crippen molar-refractivity contribution in [3.05, 3.63) is 69.8 Å². The minimum atomic E-state index is -1.25. The number of hydrazine groups is 1. The molecule has 6 bridgehead atoms. The van der Waals surface area contributed by atoms with Crippen LogP contribution in [0.4, 0.5) is 4.79 Å². The SMILES string of the molecule is CCn1c(-c2cccnc2[C@H](C)OC)c2c3cc(ccc31)-c1csc(n1)[C@@H](OCC1=CCNCC1)[C@H](NC(=O)OC(C)(C)C)C(=O)N1CCC[C@H](N1)C(=O)OCC(C)(C)C2. The second-order valence-corrected chi connectivity index (χ2v) is 18.5. The van der Waals surface area contributed by atoms with Gasteiger partial charge < -0.3 is 34.1 Å². The Bertz CT molecular complexity index is 2240. The Hall–Kier alpha value is -4.67. The molecule has 0 saturated carbocycles. The van der Waals surface area contributed by atoms with Gasteiger partial charge in [0.05, 0.1) is 36.4 Å². The van der Waals surface area contributed by atoms with Crippen molar-refractivity contribution < 1.29 is 33.3 Å². The van der Waals surface area contributed by atoms with Gasteiger partial charge in [0, 0.05) is 65.8 Å². The molecule has 3 aliphatic heterocycles. The molecule has 0 aliphatic carbocycles. The summed E-state index contributed by atoms with van der Waals surface area (Å²) in [6.45, 7) is 16.6. The number of hydrogen-bond acceptors (Lipinski definition) is 12. The number of alkyl carbamates (subject to hydrolysis) is 1. The zero-order valence-electron chi connectivity index (χ0n) is 36.1. The summed E-state index contributed by atoms with van der Waals surface area (Å²) in [5.74, 6) is -0.923. The van der Waals surface area contributed by atoms with Crippen LogP contribution in [0.25, 0.3) is 33.4 Å². The Morgan fingerprint density at radius 2 is 2.02 bits per heavy atom. The normalized spacial score (nSPS) is 21.8. The van der Waals surface area contributed by atoms with Crippen LogP contribution in [0, 0.1) is 5.41 Å². The van der Waals surface area contributed by atoms with Crippen molar-refractivity contribution in [1.29, 1.82) is 0 Å². The van der Waals surface area contributed by atoms with Gasteiger partial charge in [-0.1, -0.05) is 26.0 Å². The number of carbonyl (C=O) groups excluding carboxylic acids is 3. The predicted octanol–water partition coefficient (Wildman–Crippen LogP) is 7.05. The molecule has 60 heavy (non-hydrogen) atoms. The number of amides is 2. The van der Waals surface area contributed by atoms with Crippen molar-refractivity contribution in [3.63, 3.8) is 0 Å². The van der Waals surface area contributed by atoms with Gasteiger partial charge in [-0.3, -0.25) is 19.6 Å². The van der Waals surface area contributed by atoms with E-state index < -0.39 is 47.2 Å². The second kappa shape index (κ2) is 18.1. The predicted molar refractivity (Wildman–Crippen MR) is 231 cm³/mol. The highest BCUT2D eigenvalue weighted by molar-refractivity contribution is 7.10. The molecule has 14 nitrogen and oxygen atoms in total. The van der Waals surface area contributed by atoms with Crippen LogP contribution in [0.1, 0.15) is 96.2 Å². The first kappa shape index (κ1) is 43.4. The molecule has 3 N–H and O–H groups in total. The van der Waals surface area contributed by atoms with Gasteiger partial charge in [0.15, 0.2) is 0 Å². The van der Waals surface area contributed by atoms with E-state index in [9.17, 15) is 14.4 Å². The van der Waals surface area contributed by atoms with Gasteiger partial charge >= 0.3 is 12.1 Å². The maximum Gasteiger partial charge on any atom is 0.408 e. The van der Waals surface area contributed by atoms with Crippen LogP contribution >= 0.6 is 11.3 Å². The number of ether oxygens (including phenoxy) is 4. The molecule has 4 aromatic rings. The maximum atomic E-state index is 14.7. The van der Waals surface area contributed by atoms with Gasteiger partial charge in [-0.05, 0) is 102 Å². The molecule has 4 atom stereocenters. The third-order valence-electron chi connectivity index (χ3n) is 11.2. The van der Waals surface area contributed by atoms with Crippen LogP contribution in [-0.4, -0.2) is 95.2 Å². The Kier molecular flexibility index (Phi) is 13.1. The number of nitrogens with one attached hydrogen (secondary N) is 3. The third-order valence-corrected chi connectivity index (χ3v) is 12.1. The molecule has 6 heterocycles. The highest BCUT2D eigenvalue weighted by Crippen LogP contribution is 2.42. The van der Waals surface area contributed by atoms with Gasteiger partial charge in [-0.2, -0.15) is 0 Å². The molecule has 3 aromatic heterocycles. The topological polar surface area (TPSA) is 158 Å². The van der Waals surface area contributed by atoms with Gasteiger partial charge in [-0.25, -0.2) is 15.2 Å². The number of fused-ring (bicyclic) bond motifs is 6. The Morgan fingerprint density at radius 1 is 1.20 bits per heavy atom. The zero-order chi connectivity index (χ0) is 42.8. The number of aromatic nitrogens is 3. The zero-order valence-corrected chi connectivity index (χ0v) is 36.9. The smallest absolute Gasteiger partial charge is 0.408 e. The minimum absolute atomic E-state index is 0.143. The number of pyridine rings is 1. The molecule has 0 radical (unpaired) electrons. The number of rotatable bonds is 8. The van der Waals surface area contributed by atoms with Gasteiger partial charge in [0.25, 0.3) is 5.91 Å². The molecule has 15 heteroatoms. The highest BCUT2D eigenvalue weighted by Gasteiger charge is 2.41. The summed E-state index contributed by atoms with van der Waals surface area (Å²) in [7, 11) is 1.69. The number of methoxy groups -OCH3 is 1. The van der Waals surface area contributed by atoms with Crippen molar-refractivity contribution in [3.8, 4) is 22.5 Å². The average Bonchev–Trinajstić information content (AvgIpc) is 3.84. The van der Waals surface area contributed by atoms with E-state index in [1.165, 1.54) is 16.3 Å². The molecule has 3 aliphatic rings. The fourth-order valence-electron chi connectivity index (χ4n) is 8.19. The quantitative estimate of drug-likeness (QED) is 0.123. The molecule has 1 fully saturated rings. The van der Waals surface area contributed by atoms with E-state index in [0.717, 1.165) is 64.1 Å². The summed E-state index contributed by atoms with van der Waals surface area (Å²) in [6.07, 6.45) is 4.27. The summed E-state index contributed by atoms with van der Waals surface area (Å²) >= 11 is 1.37. The lowest BCUT2D eigenvalue weighted by molar-refractivity contribution is -0.156. The lowest BCUT2D eigenvalue weighted by atomic mass is 9.84. The van der Waals surface area contributed by atoms with Crippen molar-refractivity contribution in [1.82, 2.24) is 35.6 Å². The Balaban J connectivity index is 1.40. The number of cyclic esters (lactones) is 1. The Morgan fingerprint density at radius 3 is 2.75 bits per heavy atom. The van der Waals surface area contributed by atoms with Crippen LogP contribution in [0.2, 0.25) is 0 Å². The van der Waals surface area contributed by atoms with Crippen molar-refractivity contribution >= 4 is 40.2 Å². The molecule has 2 amide bonds. The summed E-state index contributed by atoms with van der Waals surface area (Å²) in [5.41, 5.74) is 9.54. The van der Waals surface area contributed by atoms with E-state index in [2.05, 4.69) is 71.7 Å². The third kappa shape index (κ3) is 9.60. The standard InChI is InChI=1S/C45H59N7O7S/c1-9-51-35-15-14-29-22-31(35)32(38(51)30-12-10-18-47-36(30)27(2)56-8)23-45(6,7)26-58-42(54)33-13-11-21-52(50-33)41(53)37(49-43(55)59-44(3,4)5)39(40-48-34(29)25-60-40)57-24-28-16-19-46-20-17-28/h10,12,14-16,18,22,25,27,33,37,39,46,50H,9,11,13,17,19-21,23-24,26H2,1-8H3,(H,49,55)/t27-,33-,37-,39-/m0/s1. The lowest BCUT2D eigenvalue weighted by Gasteiger charge is -2.37. The second-order valence-electron chi connectivity index (χ2n) is 17.6. The lowest BCUT2D eigenvalue weighted by Crippen LogP contribution is -2.61. The summed E-state index contributed by atoms with van der Waals surface area (Å²) in [4.78, 5) is 52.1. The first-order valence-electron chi connectivity index (χ1n) is 21.0. The molecule has 1 aromatic carbocycles. The van der Waals surface area contributed by atoms with Crippen LogP contribution < -0.4 is 16.1 Å². The number of thiazole rings is 1. The number of nitrogens with zero attached hydrogens (tertiary/aromatic N) is 4. The van der Waals surface area contributed by atoms with Gasteiger partial charge in [-0.15, -0.1) is 11.3 Å². The molecule has 0 spiro atoms. The fourth-order valence-corrected chi connectivity index (χ4v) is 9.10. The Labute approximate surface area is 356 Å². The highest BCUT2D eigenvalue weighted by atomic mass is 32.1. The first-order chi connectivity index (χ1) is 28.7. The maximum absolute atomic E-state index is 14.7. The van der Waals surface area contributed by atoms with E-state index >= 15 is 0 Å². The van der Waals surface area contributed by atoms with Crippen LogP contribution in [0.15, 0.2) is 53.6 Å². The van der Waals surface area contributed by atoms with Crippen molar-refractivity contribution in [2.75, 3.05) is 40.0 Å². The average molecular weight is 842 g/mol. The minimum Gasteiger partial charge on any atom is -0.464 e. The fraction of sp³-hybridized carbons (Fsp3) is 0.533. The van der Waals surface area contributed by atoms with Crippen molar-refractivity contribution in [2.24, 2.45) is 5.41 Å². The number of esters is 1. The van der Waals surface area contributed by atoms with Crippen molar-refractivity contribution in [2.45, 2.75) is 111 Å². The molecule has 322 valence electrons. The van der Waals surface area contributed by atoms with E-state index in [4.69, 9.17) is 28.9 Å². The summed E-state index contributed by atoms with van der Waals surface area (Å²) in [5, 5.41) is 11.1. The van der Waals surface area contributed by atoms with Crippen LogP contribution in [-0.2, 0) is 41.5 Å². The van der Waals surface area contributed by atoms with Crippen LogP contribution in [0.5, 0.6) is 0 Å². The first-order valence-corrected chi connectivity index (χ1v) is 21.9. The van der Waals surface area contributed by atoms with E-state index in [1.807, 2.05) is 18.4 Å². The van der Waals surface area contributed by atoms with Crippen LogP contribution in [0.3, 0.4) is 0 Å². The molecule has 7 rings (SSSR count). The molecular weight excluding hydrogens is 783 g/mol. The van der Waals surface area contributed by atoms with Gasteiger partial charge in [0.2, 0.25) is 0 Å². The summed E-state index contributed by atoms with van der Waals surface area (Å²) in [6, 6.07) is 8.41. The molecular formula is C45H59N7O7S. The number of carbonyl (C=O) groups is 3. The largest absolute Gasteiger partial charge is 0.464 e.